The number of imidazole rings is 1. The molecule has 3 aromatic rings. The van der Waals surface area contributed by atoms with Gasteiger partial charge < -0.3 is 10.1 Å². The number of aryl methyl sites for hydroxylation is 1. The molecule has 3 rings (SSSR count). The molecule has 2 aromatic carbocycles. The summed E-state index contributed by atoms with van der Waals surface area (Å²) in [6.45, 7) is 2.08. The van der Waals surface area contributed by atoms with Crippen molar-refractivity contribution < 1.29 is 5.11 Å². The van der Waals surface area contributed by atoms with Crippen LogP contribution in [0.5, 0.6) is 0 Å². The van der Waals surface area contributed by atoms with E-state index in [1.165, 1.54) is 17.3 Å². The summed E-state index contributed by atoms with van der Waals surface area (Å²) < 4.78 is 0.990. The molecule has 0 amide bonds. The van der Waals surface area contributed by atoms with Crippen LogP contribution in [-0.2, 0) is 6.61 Å². The Morgan fingerprint density at radius 1 is 1.25 bits per heavy atom. The van der Waals surface area contributed by atoms with Crippen LogP contribution in [0.25, 0.3) is 11.0 Å². The van der Waals surface area contributed by atoms with Crippen molar-refractivity contribution in [2.75, 3.05) is 0 Å². The zero-order chi connectivity index (χ0) is 14.1. The van der Waals surface area contributed by atoms with Crippen LogP contribution in [0.1, 0.15) is 11.1 Å². The Kier molecular flexibility index (Phi) is 3.83. The molecule has 0 bridgehead atoms. The zero-order valence-electron chi connectivity index (χ0n) is 10.9. The summed E-state index contributed by atoms with van der Waals surface area (Å²) in [6.07, 6.45) is 0. The zero-order valence-corrected chi connectivity index (χ0v) is 13.3. The lowest BCUT2D eigenvalue weighted by atomic mass is 10.2. The smallest absolute Gasteiger partial charge is 0.171 e. The van der Waals surface area contributed by atoms with Crippen molar-refractivity contribution in [2.24, 2.45) is 0 Å². The molecule has 0 radical (unpaired) electrons. The predicted molar refractivity (Wildman–Crippen MR) is 85.0 cm³/mol. The van der Waals surface area contributed by atoms with Crippen LogP contribution in [0, 0.1) is 6.92 Å². The fourth-order valence-corrected chi connectivity index (χ4v) is 3.48. The molecule has 0 unspecified atom stereocenters. The monoisotopic (exact) mass is 348 g/mol. The van der Waals surface area contributed by atoms with Crippen LogP contribution in [-0.4, -0.2) is 15.1 Å². The largest absolute Gasteiger partial charge is 0.392 e. The molecule has 0 saturated carbocycles. The van der Waals surface area contributed by atoms with Gasteiger partial charge in [0.25, 0.3) is 0 Å². The van der Waals surface area contributed by atoms with Gasteiger partial charge in [-0.1, -0.05) is 39.8 Å². The van der Waals surface area contributed by atoms with E-state index in [1.54, 1.807) is 0 Å². The first-order chi connectivity index (χ1) is 9.65. The van der Waals surface area contributed by atoms with Gasteiger partial charge in [-0.3, -0.25) is 0 Å². The first-order valence-corrected chi connectivity index (χ1v) is 7.80. The normalized spacial score (nSPS) is 11.2. The molecule has 0 aliphatic carbocycles. The Hall–Kier alpha value is -1.30. The third-order valence-corrected chi connectivity index (χ3v) is 4.50. The van der Waals surface area contributed by atoms with Gasteiger partial charge in [-0.2, -0.15) is 0 Å². The quantitative estimate of drug-likeness (QED) is 0.742. The van der Waals surface area contributed by atoms with Crippen molar-refractivity contribution in [1.29, 1.82) is 0 Å². The van der Waals surface area contributed by atoms with Crippen molar-refractivity contribution in [2.45, 2.75) is 23.6 Å². The lowest BCUT2D eigenvalue weighted by molar-refractivity contribution is 0.279. The third kappa shape index (κ3) is 2.75. The van der Waals surface area contributed by atoms with Crippen LogP contribution < -0.4 is 0 Å². The van der Waals surface area contributed by atoms with E-state index in [4.69, 9.17) is 0 Å². The van der Waals surface area contributed by atoms with E-state index in [-0.39, 0.29) is 6.61 Å². The molecule has 0 saturated heterocycles. The average molecular weight is 349 g/mol. The maximum absolute atomic E-state index is 9.40. The molecule has 0 spiro atoms. The predicted octanol–water partition coefficient (Wildman–Crippen LogP) is 4.28. The first kappa shape index (κ1) is 13.7. The number of fused-ring (bicyclic) bond motifs is 1. The van der Waals surface area contributed by atoms with Gasteiger partial charge in [-0.15, -0.1) is 0 Å². The summed E-state index contributed by atoms with van der Waals surface area (Å²) in [5.74, 6) is 0. The number of aliphatic hydroxyl groups is 1. The fraction of sp³-hybridized carbons (Fsp3) is 0.133. The van der Waals surface area contributed by atoms with Crippen molar-refractivity contribution >= 4 is 38.7 Å². The summed E-state index contributed by atoms with van der Waals surface area (Å²) in [5.41, 5.74) is 4.10. The highest BCUT2D eigenvalue weighted by Gasteiger charge is 2.09. The first-order valence-electron chi connectivity index (χ1n) is 6.19. The van der Waals surface area contributed by atoms with Gasteiger partial charge in [-0.05, 0) is 42.3 Å². The van der Waals surface area contributed by atoms with Crippen molar-refractivity contribution in [3.8, 4) is 0 Å². The van der Waals surface area contributed by atoms with E-state index < -0.39 is 0 Å². The van der Waals surface area contributed by atoms with Gasteiger partial charge in [0.2, 0.25) is 0 Å². The minimum atomic E-state index is 0.0228. The number of hydrogen-bond donors (Lipinski definition) is 2. The van der Waals surface area contributed by atoms with E-state index in [0.29, 0.717) is 0 Å². The topological polar surface area (TPSA) is 48.9 Å². The number of halogens is 1. The molecule has 102 valence electrons. The number of aliphatic hydroxyl groups excluding tert-OH is 1. The van der Waals surface area contributed by atoms with Gasteiger partial charge >= 0.3 is 0 Å². The van der Waals surface area contributed by atoms with E-state index in [9.17, 15) is 5.11 Å². The number of aromatic amines is 1. The fourth-order valence-electron chi connectivity index (χ4n) is 2.01. The molecular formula is C15H13BrN2OS. The molecule has 0 aliphatic heterocycles. The summed E-state index contributed by atoms with van der Waals surface area (Å²) >= 11 is 4.99. The Bertz CT molecular complexity index is 770. The molecule has 3 nitrogen and oxygen atoms in total. The van der Waals surface area contributed by atoms with Gasteiger partial charge in [-0.25, -0.2) is 4.98 Å². The lowest BCUT2D eigenvalue weighted by Crippen LogP contribution is -1.88. The Morgan fingerprint density at radius 2 is 2.10 bits per heavy atom. The van der Waals surface area contributed by atoms with Gasteiger partial charge in [0.1, 0.15) is 0 Å². The molecule has 0 aliphatic rings. The maximum atomic E-state index is 9.40. The third-order valence-electron chi connectivity index (χ3n) is 3.02. The van der Waals surface area contributed by atoms with Crippen LogP contribution in [0.15, 0.2) is 50.9 Å². The second-order valence-corrected chi connectivity index (χ2v) is 6.52. The summed E-state index contributed by atoms with van der Waals surface area (Å²) in [7, 11) is 0. The highest BCUT2D eigenvalue weighted by molar-refractivity contribution is 9.10. The number of hydrogen-bond acceptors (Lipinski definition) is 3. The molecule has 2 N–H and O–H groups in total. The average Bonchev–Trinajstić information content (AvgIpc) is 2.80. The van der Waals surface area contributed by atoms with Crippen LogP contribution in [0.2, 0.25) is 0 Å². The number of nitrogens with one attached hydrogen (secondary N) is 1. The van der Waals surface area contributed by atoms with Gasteiger partial charge in [0.15, 0.2) is 5.16 Å². The second-order valence-electron chi connectivity index (χ2n) is 4.57. The lowest BCUT2D eigenvalue weighted by Gasteiger charge is -2.05. The molecule has 20 heavy (non-hydrogen) atoms. The summed E-state index contributed by atoms with van der Waals surface area (Å²) in [6, 6.07) is 12.0. The summed E-state index contributed by atoms with van der Waals surface area (Å²) in [4.78, 5) is 8.87. The van der Waals surface area contributed by atoms with Crippen LogP contribution in [0.3, 0.4) is 0 Å². The Morgan fingerprint density at radius 3 is 2.90 bits per heavy atom. The van der Waals surface area contributed by atoms with Crippen LogP contribution in [0.4, 0.5) is 0 Å². The van der Waals surface area contributed by atoms with E-state index in [2.05, 4.69) is 45.0 Å². The highest BCUT2D eigenvalue weighted by Crippen LogP contribution is 2.32. The highest BCUT2D eigenvalue weighted by atomic mass is 79.9. The molecule has 1 aromatic heterocycles. The number of nitrogens with zero attached hydrogens (tertiary/aromatic N) is 1. The number of aromatic nitrogens is 2. The Labute approximate surface area is 129 Å². The van der Waals surface area contributed by atoms with Gasteiger partial charge in [0, 0.05) is 9.37 Å². The standard InChI is InChI=1S/C15H13BrN2OS/c1-9-2-5-12-13(6-9)18-15(17-12)20-14-7-11(16)4-3-10(14)8-19/h2-7,19H,8H2,1H3,(H,17,18). The van der Waals surface area contributed by atoms with E-state index in [1.807, 2.05) is 24.3 Å². The van der Waals surface area contributed by atoms with Crippen LogP contribution >= 0.6 is 27.7 Å². The SMILES string of the molecule is Cc1ccc2nc(Sc3cc(Br)ccc3CO)[nH]c2c1. The molecular weight excluding hydrogens is 336 g/mol. The molecule has 1 heterocycles. The summed E-state index contributed by atoms with van der Waals surface area (Å²) in [5, 5.41) is 10.2. The van der Waals surface area contributed by atoms with E-state index in [0.717, 1.165) is 31.1 Å². The van der Waals surface area contributed by atoms with E-state index >= 15 is 0 Å². The van der Waals surface area contributed by atoms with Gasteiger partial charge in [0.05, 0.1) is 17.6 Å². The molecule has 0 fully saturated rings. The number of benzene rings is 2. The maximum Gasteiger partial charge on any atom is 0.171 e. The molecule has 5 heteroatoms. The van der Waals surface area contributed by atoms with Crippen molar-refractivity contribution in [3.05, 3.63) is 52.0 Å². The number of H-pyrrole nitrogens is 1. The second kappa shape index (κ2) is 5.60. The molecule has 0 atom stereocenters. The van der Waals surface area contributed by atoms with Crippen molar-refractivity contribution in [3.63, 3.8) is 0 Å². The number of rotatable bonds is 3. The minimum absolute atomic E-state index is 0.0228. The minimum Gasteiger partial charge on any atom is -0.392 e. The van der Waals surface area contributed by atoms with Crippen molar-refractivity contribution in [1.82, 2.24) is 9.97 Å². The Balaban J connectivity index is 1.98.